The van der Waals surface area contributed by atoms with Crippen LogP contribution in [0.15, 0.2) is 0 Å². The second-order valence-corrected chi connectivity index (χ2v) is 16.2. The Morgan fingerprint density at radius 2 is 1.65 bits per heavy atom. The van der Waals surface area contributed by atoms with Gasteiger partial charge in [0.05, 0.1) is 17.5 Å². The standard InChI is InChI=1S/C30H51NO5S/c1-5-21-25-17-19(32)13-15-30(25,4)24-14-16-29(3)22(11-12-23(29)27(24)28(21)34)18(2)7-6-8-26(33)31-37(35,36)20-9-10-20/h18-25,27-28,32,34H,5-17H2,1-4H3,(H,31,33)/t18-,19-,21-,22-,23+,24+,25+,27?,28-,29-,30-/m1/s1. The van der Waals surface area contributed by atoms with Crippen LogP contribution in [-0.2, 0) is 14.8 Å². The van der Waals surface area contributed by atoms with Crippen LogP contribution in [0.4, 0.5) is 0 Å². The predicted molar refractivity (Wildman–Crippen MR) is 145 cm³/mol. The Bertz CT molecular complexity index is 965. The molecule has 11 atom stereocenters. The van der Waals surface area contributed by atoms with E-state index in [0.717, 1.165) is 38.5 Å². The molecule has 3 N–H and O–H groups in total. The number of carbonyl (C=O) groups is 1. The zero-order chi connectivity index (χ0) is 26.8. The maximum Gasteiger partial charge on any atom is 0.237 e. The van der Waals surface area contributed by atoms with Crippen molar-refractivity contribution in [2.75, 3.05) is 0 Å². The van der Waals surface area contributed by atoms with Crippen LogP contribution in [0.1, 0.15) is 111 Å². The molecule has 0 aromatic heterocycles. The summed E-state index contributed by atoms with van der Waals surface area (Å²) in [6.45, 7) is 9.53. The second-order valence-electron chi connectivity index (χ2n) is 14.3. The zero-order valence-corrected chi connectivity index (χ0v) is 24.3. The van der Waals surface area contributed by atoms with Crippen LogP contribution >= 0.6 is 0 Å². The number of hydrogen-bond acceptors (Lipinski definition) is 5. The summed E-state index contributed by atoms with van der Waals surface area (Å²) in [6.07, 6.45) is 11.4. The van der Waals surface area contributed by atoms with Gasteiger partial charge in [0.1, 0.15) is 0 Å². The molecule has 0 aromatic rings. The number of amides is 1. The first-order chi connectivity index (χ1) is 17.4. The van der Waals surface area contributed by atoms with Gasteiger partial charge in [-0.05, 0) is 123 Å². The first kappa shape index (κ1) is 27.9. The van der Waals surface area contributed by atoms with Gasteiger partial charge >= 0.3 is 0 Å². The highest BCUT2D eigenvalue weighted by Crippen LogP contribution is 2.69. The van der Waals surface area contributed by atoms with E-state index in [4.69, 9.17) is 0 Å². The van der Waals surface area contributed by atoms with Crippen molar-refractivity contribution in [2.45, 2.75) is 129 Å². The molecule has 212 valence electrons. The summed E-state index contributed by atoms with van der Waals surface area (Å²) < 4.78 is 26.4. The smallest absolute Gasteiger partial charge is 0.237 e. The molecular formula is C30H51NO5S. The summed E-state index contributed by atoms with van der Waals surface area (Å²) >= 11 is 0. The van der Waals surface area contributed by atoms with Gasteiger partial charge in [-0.1, -0.05) is 34.1 Å². The third-order valence-corrected chi connectivity index (χ3v) is 14.3. The van der Waals surface area contributed by atoms with Crippen LogP contribution in [0, 0.1) is 52.3 Å². The average Bonchev–Trinajstić information content (AvgIpc) is 3.63. The molecule has 5 fully saturated rings. The van der Waals surface area contributed by atoms with Crippen LogP contribution in [0.2, 0.25) is 0 Å². The van der Waals surface area contributed by atoms with Gasteiger partial charge in [-0.2, -0.15) is 0 Å². The Kier molecular flexibility index (Phi) is 7.59. The van der Waals surface area contributed by atoms with E-state index >= 15 is 0 Å². The minimum Gasteiger partial charge on any atom is -0.393 e. The Balaban J connectivity index is 1.25. The van der Waals surface area contributed by atoms with Gasteiger partial charge in [0.15, 0.2) is 0 Å². The number of hydrogen-bond donors (Lipinski definition) is 3. The van der Waals surface area contributed by atoms with Gasteiger partial charge in [-0.25, -0.2) is 8.42 Å². The van der Waals surface area contributed by atoms with E-state index in [-0.39, 0.29) is 46.5 Å². The quantitative estimate of drug-likeness (QED) is 0.403. The van der Waals surface area contributed by atoms with Gasteiger partial charge in [0.25, 0.3) is 0 Å². The number of rotatable bonds is 8. The van der Waals surface area contributed by atoms with E-state index in [0.29, 0.717) is 48.3 Å². The van der Waals surface area contributed by atoms with E-state index in [9.17, 15) is 23.4 Å². The third-order valence-electron chi connectivity index (χ3n) is 12.4. The summed E-state index contributed by atoms with van der Waals surface area (Å²) in [6, 6.07) is 0. The minimum absolute atomic E-state index is 0.211. The van der Waals surface area contributed by atoms with Crippen molar-refractivity contribution in [3.63, 3.8) is 0 Å². The Hall–Kier alpha value is -0.660. The van der Waals surface area contributed by atoms with Gasteiger partial charge in [0.2, 0.25) is 15.9 Å². The summed E-state index contributed by atoms with van der Waals surface area (Å²) in [4.78, 5) is 12.3. The first-order valence-corrected chi connectivity index (χ1v) is 16.9. The van der Waals surface area contributed by atoms with Crippen LogP contribution in [-0.4, -0.2) is 42.0 Å². The fraction of sp³-hybridized carbons (Fsp3) is 0.967. The number of carbonyl (C=O) groups excluding carboxylic acids is 1. The maximum atomic E-state index is 12.3. The number of sulfonamides is 1. The highest BCUT2D eigenvalue weighted by atomic mass is 32.2. The fourth-order valence-corrected chi connectivity index (χ4v) is 11.7. The van der Waals surface area contributed by atoms with Gasteiger partial charge < -0.3 is 10.2 Å². The van der Waals surface area contributed by atoms with Crippen molar-refractivity contribution in [3.8, 4) is 0 Å². The van der Waals surface area contributed by atoms with Gasteiger partial charge in [0, 0.05) is 6.42 Å². The summed E-state index contributed by atoms with van der Waals surface area (Å²) in [7, 11) is -3.46. The lowest BCUT2D eigenvalue weighted by atomic mass is 9.41. The van der Waals surface area contributed by atoms with Gasteiger partial charge in [-0.3, -0.25) is 9.52 Å². The van der Waals surface area contributed by atoms with Crippen molar-refractivity contribution in [2.24, 2.45) is 52.3 Å². The highest BCUT2D eigenvalue weighted by Gasteiger charge is 2.64. The molecule has 5 saturated carbocycles. The molecule has 0 radical (unpaired) electrons. The molecule has 5 aliphatic rings. The van der Waals surface area contributed by atoms with Gasteiger partial charge in [-0.15, -0.1) is 0 Å². The molecule has 5 rings (SSSR count). The Morgan fingerprint density at radius 3 is 2.32 bits per heavy atom. The zero-order valence-electron chi connectivity index (χ0n) is 23.5. The average molecular weight is 538 g/mol. The molecule has 37 heavy (non-hydrogen) atoms. The van der Waals surface area contributed by atoms with E-state index in [1.807, 2.05) is 0 Å². The summed E-state index contributed by atoms with van der Waals surface area (Å²) in [5.41, 5.74) is 0.442. The van der Waals surface area contributed by atoms with Crippen LogP contribution in [0.25, 0.3) is 0 Å². The van der Waals surface area contributed by atoms with Crippen molar-refractivity contribution < 1.29 is 23.4 Å². The topological polar surface area (TPSA) is 104 Å². The van der Waals surface area contributed by atoms with Crippen molar-refractivity contribution >= 4 is 15.9 Å². The monoisotopic (exact) mass is 537 g/mol. The fourth-order valence-electron chi connectivity index (χ4n) is 10.4. The molecule has 1 unspecified atom stereocenters. The third kappa shape index (κ3) is 4.81. The number of nitrogens with one attached hydrogen (secondary N) is 1. The molecule has 0 heterocycles. The Labute approximate surface area is 224 Å². The summed E-state index contributed by atoms with van der Waals surface area (Å²) in [5.74, 6) is 2.87. The van der Waals surface area contributed by atoms with Crippen LogP contribution in [0.3, 0.4) is 0 Å². The molecule has 0 saturated heterocycles. The Morgan fingerprint density at radius 1 is 0.973 bits per heavy atom. The molecule has 0 spiro atoms. The molecule has 1 amide bonds. The molecule has 5 aliphatic carbocycles. The van der Waals surface area contributed by atoms with E-state index < -0.39 is 10.0 Å². The lowest BCUT2D eigenvalue weighted by molar-refractivity contribution is -0.203. The van der Waals surface area contributed by atoms with Crippen molar-refractivity contribution in [1.29, 1.82) is 0 Å². The SMILES string of the molecule is CC[C@H]1[C@@H](O)C2[C@@H]3CC[C@H]([C@H](C)CCCC(=O)NS(=O)(=O)C4CC4)[C@@]3(C)CC[C@@H]2[C@@]2(C)CC[C@@H](O)C[C@@H]12. The minimum atomic E-state index is -3.46. The van der Waals surface area contributed by atoms with Crippen LogP contribution in [0.5, 0.6) is 0 Å². The number of aliphatic hydroxyl groups excluding tert-OH is 2. The normalized spacial score (nSPS) is 46.4. The van der Waals surface area contributed by atoms with E-state index in [1.165, 1.54) is 25.7 Å². The lowest BCUT2D eigenvalue weighted by Crippen LogP contribution is -2.62. The summed E-state index contributed by atoms with van der Waals surface area (Å²) in [5, 5.41) is 22.0. The van der Waals surface area contributed by atoms with E-state index in [2.05, 4.69) is 32.4 Å². The number of fused-ring (bicyclic) bond motifs is 5. The second kappa shape index (κ2) is 10.1. The molecular weight excluding hydrogens is 486 g/mol. The largest absolute Gasteiger partial charge is 0.393 e. The van der Waals surface area contributed by atoms with E-state index in [1.54, 1.807) is 0 Å². The first-order valence-electron chi connectivity index (χ1n) is 15.3. The molecule has 7 heteroatoms. The lowest BCUT2D eigenvalue weighted by Gasteiger charge is -2.64. The van der Waals surface area contributed by atoms with Crippen LogP contribution < -0.4 is 4.72 Å². The predicted octanol–water partition coefficient (Wildman–Crippen LogP) is 5.03. The molecule has 0 bridgehead atoms. The molecule has 0 aliphatic heterocycles. The highest BCUT2D eigenvalue weighted by molar-refractivity contribution is 7.90. The van der Waals surface area contributed by atoms with Crippen molar-refractivity contribution in [1.82, 2.24) is 4.72 Å². The molecule has 6 nitrogen and oxygen atoms in total. The molecule has 0 aromatic carbocycles. The number of aliphatic hydroxyl groups is 2. The maximum absolute atomic E-state index is 12.3. The van der Waals surface area contributed by atoms with Crippen molar-refractivity contribution in [3.05, 3.63) is 0 Å².